The number of aromatic nitrogens is 3. The van der Waals surface area contributed by atoms with Crippen molar-refractivity contribution in [2.75, 3.05) is 12.4 Å². The number of nitrogens with zero attached hydrogens (tertiary/aromatic N) is 4. The minimum absolute atomic E-state index is 0.156. The first-order chi connectivity index (χ1) is 12.7. The van der Waals surface area contributed by atoms with E-state index in [-0.39, 0.29) is 6.03 Å². The maximum absolute atomic E-state index is 12.5. The maximum Gasteiger partial charge on any atom is 0.323 e. The number of nitrogens with one attached hydrogen (secondary N) is 1. The summed E-state index contributed by atoms with van der Waals surface area (Å²) in [4.78, 5) is 18.6. The van der Waals surface area contributed by atoms with Crippen molar-refractivity contribution in [2.24, 2.45) is 5.92 Å². The molecule has 2 amide bonds. The summed E-state index contributed by atoms with van der Waals surface area (Å²) in [5.41, 5.74) is 2.07. The van der Waals surface area contributed by atoms with Crippen LogP contribution >= 0.6 is 0 Å². The molecule has 6 heteroatoms. The van der Waals surface area contributed by atoms with Gasteiger partial charge in [0.2, 0.25) is 0 Å². The number of urea groups is 1. The van der Waals surface area contributed by atoms with E-state index in [2.05, 4.69) is 40.5 Å². The lowest BCUT2D eigenvalue weighted by atomic mass is 9.94. The molecule has 1 N–H and O–H groups in total. The predicted molar refractivity (Wildman–Crippen MR) is 103 cm³/mol. The number of rotatable bonds is 6. The van der Waals surface area contributed by atoms with Gasteiger partial charge < -0.3 is 4.90 Å². The Kier molecular flexibility index (Phi) is 6.04. The molecule has 0 saturated carbocycles. The predicted octanol–water partition coefficient (Wildman–Crippen LogP) is 3.86. The third-order valence-corrected chi connectivity index (χ3v) is 4.80. The van der Waals surface area contributed by atoms with Crippen molar-refractivity contribution in [1.82, 2.24) is 19.7 Å². The van der Waals surface area contributed by atoms with Crippen LogP contribution < -0.4 is 5.32 Å². The number of aryl methyl sites for hydroxylation is 1. The normalized spacial score (nSPS) is 16.5. The standard InChI is InChI=1S/C20H27N5O/c1-3-16-9-10-18(21-13-16)15-24(2)20(26)23-19-11-12-22-25(19)14-17-7-5-4-6-8-17/h4-5,9-13,17H,3,6-8,14-15H2,1-2H3,(H,23,26). The molecule has 1 aliphatic rings. The zero-order chi connectivity index (χ0) is 18.4. The first kappa shape index (κ1) is 18.2. The molecule has 3 rings (SSSR count). The fourth-order valence-corrected chi connectivity index (χ4v) is 3.13. The monoisotopic (exact) mass is 353 g/mol. The van der Waals surface area contributed by atoms with E-state index in [0.29, 0.717) is 12.5 Å². The van der Waals surface area contributed by atoms with Gasteiger partial charge >= 0.3 is 6.03 Å². The lowest BCUT2D eigenvalue weighted by Gasteiger charge is -2.21. The first-order valence-electron chi connectivity index (χ1n) is 9.28. The van der Waals surface area contributed by atoms with Crippen molar-refractivity contribution >= 4 is 11.8 Å². The molecule has 0 aliphatic heterocycles. The van der Waals surface area contributed by atoms with Crippen LogP contribution in [-0.2, 0) is 19.5 Å². The van der Waals surface area contributed by atoms with Crippen molar-refractivity contribution in [3.05, 3.63) is 54.0 Å². The van der Waals surface area contributed by atoms with Gasteiger partial charge in [0.25, 0.3) is 0 Å². The zero-order valence-electron chi connectivity index (χ0n) is 15.6. The van der Waals surface area contributed by atoms with Gasteiger partial charge in [0, 0.05) is 25.9 Å². The molecule has 1 unspecified atom stereocenters. The molecular weight excluding hydrogens is 326 g/mol. The Balaban J connectivity index is 1.57. The Bertz CT molecular complexity index is 750. The van der Waals surface area contributed by atoms with Gasteiger partial charge in [-0.05, 0) is 43.2 Å². The van der Waals surface area contributed by atoms with Gasteiger partial charge in [-0.2, -0.15) is 5.10 Å². The van der Waals surface area contributed by atoms with E-state index in [1.165, 1.54) is 12.0 Å². The van der Waals surface area contributed by atoms with Gasteiger partial charge in [-0.3, -0.25) is 10.3 Å². The van der Waals surface area contributed by atoms with Gasteiger partial charge in [-0.1, -0.05) is 25.1 Å². The van der Waals surface area contributed by atoms with Crippen LogP contribution in [0.2, 0.25) is 0 Å². The van der Waals surface area contributed by atoms with Gasteiger partial charge in [0.15, 0.2) is 0 Å². The average Bonchev–Trinajstić information content (AvgIpc) is 3.09. The Morgan fingerprint density at radius 1 is 1.35 bits per heavy atom. The van der Waals surface area contributed by atoms with Crippen LogP contribution in [0.4, 0.5) is 10.6 Å². The molecule has 2 heterocycles. The molecule has 0 aromatic carbocycles. The van der Waals surface area contributed by atoms with Crippen LogP contribution in [0.25, 0.3) is 0 Å². The van der Waals surface area contributed by atoms with Crippen molar-refractivity contribution in [3.8, 4) is 0 Å². The number of pyridine rings is 1. The fourth-order valence-electron chi connectivity index (χ4n) is 3.13. The quantitative estimate of drug-likeness (QED) is 0.802. The molecule has 0 radical (unpaired) electrons. The number of carbonyl (C=O) groups is 1. The molecule has 0 saturated heterocycles. The Morgan fingerprint density at radius 3 is 2.92 bits per heavy atom. The number of hydrogen-bond donors (Lipinski definition) is 1. The van der Waals surface area contributed by atoms with Crippen LogP contribution in [0.3, 0.4) is 0 Å². The third kappa shape index (κ3) is 4.71. The summed E-state index contributed by atoms with van der Waals surface area (Å²) in [6.45, 7) is 3.40. The van der Waals surface area contributed by atoms with Crippen molar-refractivity contribution in [1.29, 1.82) is 0 Å². The average molecular weight is 353 g/mol. The third-order valence-electron chi connectivity index (χ3n) is 4.80. The van der Waals surface area contributed by atoms with E-state index in [1.807, 2.05) is 23.0 Å². The second-order valence-electron chi connectivity index (χ2n) is 6.85. The summed E-state index contributed by atoms with van der Waals surface area (Å²) in [6.07, 6.45) is 12.4. The molecular formula is C20H27N5O. The van der Waals surface area contributed by atoms with E-state index >= 15 is 0 Å². The van der Waals surface area contributed by atoms with Gasteiger partial charge in [0.05, 0.1) is 18.4 Å². The lowest BCUT2D eigenvalue weighted by Crippen LogP contribution is -2.32. The highest BCUT2D eigenvalue weighted by Gasteiger charge is 2.16. The Hall–Kier alpha value is -2.63. The van der Waals surface area contributed by atoms with Gasteiger partial charge in [0.1, 0.15) is 5.82 Å². The number of amides is 2. The minimum atomic E-state index is -0.156. The van der Waals surface area contributed by atoms with E-state index in [4.69, 9.17) is 0 Å². The van der Waals surface area contributed by atoms with Crippen LogP contribution in [0.15, 0.2) is 42.7 Å². The molecule has 0 bridgehead atoms. The fraction of sp³-hybridized carbons (Fsp3) is 0.450. The highest BCUT2D eigenvalue weighted by atomic mass is 16.2. The maximum atomic E-state index is 12.5. The van der Waals surface area contributed by atoms with E-state index in [9.17, 15) is 4.79 Å². The molecule has 26 heavy (non-hydrogen) atoms. The highest BCUT2D eigenvalue weighted by molar-refractivity contribution is 5.88. The summed E-state index contributed by atoms with van der Waals surface area (Å²) in [7, 11) is 1.78. The molecule has 6 nitrogen and oxygen atoms in total. The highest BCUT2D eigenvalue weighted by Crippen LogP contribution is 2.21. The van der Waals surface area contributed by atoms with E-state index in [0.717, 1.165) is 37.3 Å². The molecule has 2 aromatic rings. The van der Waals surface area contributed by atoms with E-state index < -0.39 is 0 Å². The van der Waals surface area contributed by atoms with Crippen molar-refractivity contribution in [2.45, 2.75) is 45.7 Å². The summed E-state index contributed by atoms with van der Waals surface area (Å²) < 4.78 is 1.89. The minimum Gasteiger partial charge on any atom is -0.322 e. The second kappa shape index (κ2) is 8.65. The largest absolute Gasteiger partial charge is 0.323 e. The molecule has 1 aliphatic carbocycles. The number of allylic oxidation sites excluding steroid dienone is 2. The molecule has 138 valence electrons. The lowest BCUT2D eigenvalue weighted by molar-refractivity contribution is 0.220. The van der Waals surface area contributed by atoms with Gasteiger partial charge in [-0.25, -0.2) is 9.48 Å². The molecule has 0 fully saturated rings. The molecule has 0 spiro atoms. The smallest absolute Gasteiger partial charge is 0.322 e. The molecule has 2 aromatic heterocycles. The summed E-state index contributed by atoms with van der Waals surface area (Å²) in [5, 5.41) is 7.34. The molecule has 1 atom stereocenters. The number of anilines is 1. The summed E-state index contributed by atoms with van der Waals surface area (Å²) in [5.74, 6) is 1.32. The summed E-state index contributed by atoms with van der Waals surface area (Å²) in [6, 6.07) is 5.72. The Labute approximate surface area is 154 Å². The Morgan fingerprint density at radius 2 is 2.23 bits per heavy atom. The summed E-state index contributed by atoms with van der Waals surface area (Å²) >= 11 is 0. The second-order valence-corrected chi connectivity index (χ2v) is 6.85. The SMILES string of the molecule is CCc1ccc(CN(C)C(=O)Nc2ccnn2CC2CC=CCC2)nc1. The van der Waals surface area contributed by atoms with Gasteiger partial charge in [-0.15, -0.1) is 0 Å². The van der Waals surface area contributed by atoms with Crippen LogP contribution in [-0.4, -0.2) is 32.7 Å². The first-order valence-corrected chi connectivity index (χ1v) is 9.28. The van der Waals surface area contributed by atoms with Crippen molar-refractivity contribution in [3.63, 3.8) is 0 Å². The van der Waals surface area contributed by atoms with Crippen LogP contribution in [0, 0.1) is 5.92 Å². The van der Waals surface area contributed by atoms with E-state index in [1.54, 1.807) is 18.1 Å². The van der Waals surface area contributed by atoms with Crippen LogP contribution in [0.1, 0.15) is 37.4 Å². The number of hydrogen-bond acceptors (Lipinski definition) is 3. The topological polar surface area (TPSA) is 63.1 Å². The van der Waals surface area contributed by atoms with Crippen molar-refractivity contribution < 1.29 is 4.79 Å². The zero-order valence-corrected chi connectivity index (χ0v) is 15.6. The van der Waals surface area contributed by atoms with Crippen LogP contribution in [0.5, 0.6) is 0 Å². The number of carbonyl (C=O) groups excluding carboxylic acids is 1.